The van der Waals surface area contributed by atoms with E-state index in [1.807, 2.05) is 6.26 Å². The Balaban J connectivity index is 2.50. The first-order chi connectivity index (χ1) is 6.74. The third kappa shape index (κ3) is 3.55. The number of thioether (sulfide) groups is 1. The number of amidine groups is 1. The highest BCUT2D eigenvalue weighted by molar-refractivity contribution is 8.13. The summed E-state index contributed by atoms with van der Waals surface area (Å²) in [5, 5.41) is 9.28. The summed E-state index contributed by atoms with van der Waals surface area (Å²) >= 11 is 1.48. The smallest absolute Gasteiger partial charge is 0.325 e. The van der Waals surface area contributed by atoms with E-state index in [1.54, 1.807) is 0 Å². The lowest BCUT2D eigenvalue weighted by Gasteiger charge is -2.28. The lowest BCUT2D eigenvalue weighted by molar-refractivity contribution is -0.135. The summed E-state index contributed by atoms with van der Waals surface area (Å²) in [6.07, 6.45) is 1.90. The van der Waals surface area contributed by atoms with Crippen LogP contribution in [0.3, 0.4) is 0 Å². The van der Waals surface area contributed by atoms with Crippen molar-refractivity contribution in [2.75, 3.05) is 39.1 Å². The molecule has 1 heterocycles. The Morgan fingerprint density at radius 3 is 2.71 bits per heavy atom. The molecule has 1 aliphatic heterocycles. The number of aliphatic carboxylic acids is 1. The first-order valence-electron chi connectivity index (χ1n) is 4.37. The number of aliphatic imine (C=N–C) groups is 1. The second-order valence-electron chi connectivity index (χ2n) is 2.80. The fraction of sp³-hybridized carbons (Fsp3) is 0.750. The summed E-state index contributed by atoms with van der Waals surface area (Å²) < 4.78 is 5.20. The minimum Gasteiger partial charge on any atom is -0.480 e. The van der Waals surface area contributed by atoms with Crippen LogP contribution in [0.1, 0.15) is 0 Å². The van der Waals surface area contributed by atoms with E-state index >= 15 is 0 Å². The normalized spacial score (nSPS) is 18.4. The molecule has 5 nitrogen and oxygen atoms in total. The molecule has 1 aliphatic rings. The summed E-state index contributed by atoms with van der Waals surface area (Å²) in [5.41, 5.74) is 0. The average molecular weight is 218 g/mol. The zero-order valence-electron chi connectivity index (χ0n) is 8.10. The summed E-state index contributed by atoms with van der Waals surface area (Å²) in [7, 11) is 0. The van der Waals surface area contributed by atoms with E-state index in [9.17, 15) is 4.79 Å². The van der Waals surface area contributed by atoms with Crippen LogP contribution in [0.15, 0.2) is 4.99 Å². The molecule has 0 atom stereocenters. The van der Waals surface area contributed by atoms with Gasteiger partial charge in [-0.15, -0.1) is 0 Å². The van der Waals surface area contributed by atoms with Crippen molar-refractivity contribution in [2.24, 2.45) is 4.99 Å². The van der Waals surface area contributed by atoms with Crippen LogP contribution in [-0.4, -0.2) is 60.2 Å². The van der Waals surface area contributed by atoms with Crippen LogP contribution in [0.5, 0.6) is 0 Å². The second kappa shape index (κ2) is 5.87. The topological polar surface area (TPSA) is 62.1 Å². The van der Waals surface area contributed by atoms with Crippen LogP contribution in [-0.2, 0) is 9.53 Å². The molecule has 14 heavy (non-hydrogen) atoms. The second-order valence-corrected chi connectivity index (χ2v) is 3.57. The Bertz CT molecular complexity index is 227. The Labute approximate surface area is 87.1 Å². The van der Waals surface area contributed by atoms with Crippen LogP contribution in [0, 0.1) is 0 Å². The number of carbonyl (C=O) groups is 1. The maximum atomic E-state index is 10.3. The molecule has 0 aromatic rings. The van der Waals surface area contributed by atoms with E-state index in [1.165, 1.54) is 11.8 Å². The van der Waals surface area contributed by atoms with Crippen LogP contribution >= 0.6 is 11.8 Å². The lowest BCUT2D eigenvalue weighted by atomic mass is 10.5. The molecular formula is C8H14N2O3S. The molecule has 0 saturated carbocycles. The Morgan fingerprint density at radius 2 is 2.21 bits per heavy atom. The highest BCUT2D eigenvalue weighted by Gasteiger charge is 2.14. The molecule has 0 aromatic carbocycles. The standard InChI is InChI=1S/C8H14N2O3S/c1-14-8(9-6-7(11)12)10-2-4-13-5-3-10/h2-6H2,1H3,(H,11,12). The van der Waals surface area contributed by atoms with E-state index in [4.69, 9.17) is 9.84 Å². The fourth-order valence-corrected chi connectivity index (χ4v) is 1.82. The number of morpholine rings is 1. The quantitative estimate of drug-likeness (QED) is 0.527. The molecule has 0 unspecified atom stereocenters. The van der Waals surface area contributed by atoms with E-state index < -0.39 is 5.97 Å². The molecule has 0 spiro atoms. The summed E-state index contributed by atoms with van der Waals surface area (Å²) in [4.78, 5) is 16.4. The minimum atomic E-state index is -0.898. The number of carboxylic acids is 1. The fourth-order valence-electron chi connectivity index (χ4n) is 1.18. The number of rotatable bonds is 2. The highest BCUT2D eigenvalue weighted by atomic mass is 32.2. The zero-order chi connectivity index (χ0) is 10.4. The monoisotopic (exact) mass is 218 g/mol. The molecule has 0 radical (unpaired) electrons. The molecule has 0 amide bonds. The van der Waals surface area contributed by atoms with Gasteiger partial charge in [0.1, 0.15) is 6.54 Å². The summed E-state index contributed by atoms with van der Waals surface area (Å²) in [6, 6.07) is 0. The van der Waals surface area contributed by atoms with Gasteiger partial charge < -0.3 is 14.7 Å². The van der Waals surface area contributed by atoms with Crippen LogP contribution in [0.4, 0.5) is 0 Å². The number of carboxylic acid groups (broad SMARTS) is 1. The van der Waals surface area contributed by atoms with Crippen molar-refractivity contribution in [3.05, 3.63) is 0 Å². The van der Waals surface area contributed by atoms with Gasteiger partial charge in [0.15, 0.2) is 5.17 Å². The number of hydrogen-bond acceptors (Lipinski definition) is 4. The van der Waals surface area contributed by atoms with Crippen molar-refractivity contribution >= 4 is 22.9 Å². The van der Waals surface area contributed by atoms with Gasteiger partial charge in [-0.3, -0.25) is 9.79 Å². The van der Waals surface area contributed by atoms with Gasteiger partial charge in [-0.1, -0.05) is 11.8 Å². The van der Waals surface area contributed by atoms with Crippen molar-refractivity contribution in [1.29, 1.82) is 0 Å². The molecule has 80 valence electrons. The molecule has 0 aromatic heterocycles. The molecular weight excluding hydrogens is 204 g/mol. The number of nitrogens with zero attached hydrogens (tertiary/aromatic N) is 2. The minimum absolute atomic E-state index is 0.159. The van der Waals surface area contributed by atoms with E-state index in [-0.39, 0.29) is 6.54 Å². The molecule has 1 N–H and O–H groups in total. The zero-order valence-corrected chi connectivity index (χ0v) is 8.92. The first kappa shape index (κ1) is 11.3. The molecule has 1 saturated heterocycles. The van der Waals surface area contributed by atoms with E-state index in [0.29, 0.717) is 13.2 Å². The lowest BCUT2D eigenvalue weighted by Crippen LogP contribution is -2.39. The predicted octanol–water partition coefficient (Wildman–Crippen LogP) is 0.122. The van der Waals surface area contributed by atoms with Crippen molar-refractivity contribution in [3.8, 4) is 0 Å². The summed E-state index contributed by atoms with van der Waals surface area (Å²) in [5.74, 6) is -0.898. The van der Waals surface area contributed by atoms with Gasteiger partial charge in [0.05, 0.1) is 13.2 Å². The van der Waals surface area contributed by atoms with Crippen LogP contribution in [0.25, 0.3) is 0 Å². The molecule has 1 rings (SSSR count). The predicted molar refractivity (Wildman–Crippen MR) is 55.8 cm³/mol. The molecule has 0 aliphatic carbocycles. The van der Waals surface area contributed by atoms with Gasteiger partial charge in [-0.25, -0.2) is 0 Å². The van der Waals surface area contributed by atoms with Crippen LogP contribution in [0.2, 0.25) is 0 Å². The third-order valence-corrected chi connectivity index (χ3v) is 2.57. The third-order valence-electron chi connectivity index (χ3n) is 1.81. The first-order valence-corrected chi connectivity index (χ1v) is 5.59. The van der Waals surface area contributed by atoms with Crippen molar-refractivity contribution in [3.63, 3.8) is 0 Å². The van der Waals surface area contributed by atoms with Gasteiger partial charge >= 0.3 is 5.97 Å². The van der Waals surface area contributed by atoms with Gasteiger partial charge in [-0.05, 0) is 6.26 Å². The summed E-state index contributed by atoms with van der Waals surface area (Å²) in [6.45, 7) is 2.80. The average Bonchev–Trinajstić information content (AvgIpc) is 2.20. The van der Waals surface area contributed by atoms with Crippen LogP contribution < -0.4 is 0 Å². The maximum absolute atomic E-state index is 10.3. The Hall–Kier alpha value is -0.750. The van der Waals surface area contributed by atoms with Crippen molar-refractivity contribution in [1.82, 2.24) is 4.90 Å². The number of ether oxygens (including phenoxy) is 1. The molecule has 0 bridgehead atoms. The Kier molecular flexibility index (Phi) is 4.75. The number of hydrogen-bond donors (Lipinski definition) is 1. The van der Waals surface area contributed by atoms with Gasteiger partial charge in [0.2, 0.25) is 0 Å². The largest absolute Gasteiger partial charge is 0.480 e. The van der Waals surface area contributed by atoms with E-state index in [2.05, 4.69) is 9.89 Å². The van der Waals surface area contributed by atoms with E-state index in [0.717, 1.165) is 18.3 Å². The van der Waals surface area contributed by atoms with Crippen molar-refractivity contribution in [2.45, 2.75) is 0 Å². The van der Waals surface area contributed by atoms with Gasteiger partial charge in [0, 0.05) is 13.1 Å². The molecule has 6 heteroatoms. The SMILES string of the molecule is CSC(=NCC(=O)O)N1CCOCC1. The van der Waals surface area contributed by atoms with Crippen molar-refractivity contribution < 1.29 is 14.6 Å². The van der Waals surface area contributed by atoms with Gasteiger partial charge in [0.25, 0.3) is 0 Å². The van der Waals surface area contributed by atoms with Gasteiger partial charge in [-0.2, -0.15) is 0 Å². The maximum Gasteiger partial charge on any atom is 0.325 e. The molecule has 1 fully saturated rings. The Morgan fingerprint density at radius 1 is 1.57 bits per heavy atom. The highest BCUT2D eigenvalue weighted by Crippen LogP contribution is 2.07.